The third-order valence-corrected chi connectivity index (χ3v) is 6.49. The van der Waals surface area contributed by atoms with Gasteiger partial charge in [0.1, 0.15) is 5.52 Å². The van der Waals surface area contributed by atoms with E-state index in [4.69, 9.17) is 19.2 Å². The lowest BCUT2D eigenvalue weighted by Gasteiger charge is -2.27. The summed E-state index contributed by atoms with van der Waals surface area (Å²) in [6.45, 7) is 1.23. The molecule has 1 aliphatic heterocycles. The number of nitrogens with one attached hydrogen (secondary N) is 1. The van der Waals surface area contributed by atoms with Crippen LogP contribution in [-0.2, 0) is 4.79 Å². The highest BCUT2D eigenvalue weighted by molar-refractivity contribution is 5.85. The van der Waals surface area contributed by atoms with Crippen molar-refractivity contribution in [3.05, 3.63) is 30.6 Å². The quantitative estimate of drug-likeness (QED) is 0.579. The van der Waals surface area contributed by atoms with E-state index >= 15 is 0 Å². The van der Waals surface area contributed by atoms with E-state index in [1.165, 1.54) is 6.42 Å². The second-order valence-electron chi connectivity index (χ2n) is 8.50. The number of imidazole rings is 1. The Morgan fingerprint density at radius 1 is 1.16 bits per heavy atom. The summed E-state index contributed by atoms with van der Waals surface area (Å²) in [5, 5.41) is 2.89. The Morgan fingerprint density at radius 3 is 2.69 bits per heavy atom. The highest BCUT2D eigenvalue weighted by atomic mass is 16.5. The van der Waals surface area contributed by atoms with Crippen molar-refractivity contribution in [2.45, 2.75) is 38.1 Å². The zero-order valence-corrected chi connectivity index (χ0v) is 18.5. The van der Waals surface area contributed by atoms with Crippen LogP contribution in [0, 0.1) is 5.92 Å². The number of carbonyl (C=O) groups is 1. The van der Waals surface area contributed by atoms with Crippen molar-refractivity contribution in [1.29, 1.82) is 0 Å². The molecule has 1 aromatic carbocycles. The van der Waals surface area contributed by atoms with Crippen LogP contribution >= 0.6 is 0 Å². The lowest BCUT2D eigenvalue weighted by molar-refractivity contribution is -0.119. The third-order valence-electron chi connectivity index (χ3n) is 6.49. The molecule has 0 unspecified atom stereocenters. The number of aromatic nitrogens is 3. The van der Waals surface area contributed by atoms with Crippen molar-refractivity contribution in [2.24, 2.45) is 5.92 Å². The molecule has 0 spiro atoms. The van der Waals surface area contributed by atoms with E-state index in [9.17, 15) is 4.79 Å². The Hall–Kier alpha value is -3.29. The first-order valence-corrected chi connectivity index (χ1v) is 11.2. The normalized spacial score (nSPS) is 18.4. The van der Waals surface area contributed by atoms with E-state index in [2.05, 4.69) is 14.9 Å². The summed E-state index contributed by atoms with van der Waals surface area (Å²) in [7, 11) is 3.24. The van der Waals surface area contributed by atoms with Crippen LogP contribution in [0.5, 0.6) is 17.4 Å². The van der Waals surface area contributed by atoms with E-state index in [1.54, 1.807) is 14.2 Å². The molecule has 2 aliphatic rings. The summed E-state index contributed by atoms with van der Waals surface area (Å²) in [6.07, 6.45) is 6.82. The van der Waals surface area contributed by atoms with Gasteiger partial charge in [0.05, 0.1) is 38.4 Å². The van der Waals surface area contributed by atoms with Gasteiger partial charge in [0.2, 0.25) is 11.8 Å². The van der Waals surface area contributed by atoms with Crippen molar-refractivity contribution in [1.82, 2.24) is 19.9 Å². The molecule has 168 valence electrons. The van der Waals surface area contributed by atoms with Gasteiger partial charge in [-0.15, -0.1) is 0 Å². The van der Waals surface area contributed by atoms with E-state index in [0.29, 0.717) is 42.4 Å². The Bertz CT molecular complexity index is 1140. The van der Waals surface area contributed by atoms with Crippen LogP contribution in [0.25, 0.3) is 22.3 Å². The monoisotopic (exact) mass is 436 g/mol. The largest absolute Gasteiger partial charge is 0.493 e. The van der Waals surface area contributed by atoms with Crippen LogP contribution in [0.4, 0.5) is 0 Å². The van der Waals surface area contributed by atoms with Gasteiger partial charge in [0.25, 0.3) is 0 Å². The Morgan fingerprint density at radius 2 is 2.00 bits per heavy atom. The van der Waals surface area contributed by atoms with Crippen LogP contribution in [0.15, 0.2) is 30.6 Å². The molecule has 8 heteroatoms. The third kappa shape index (κ3) is 3.85. The molecule has 2 aromatic heterocycles. The molecular weight excluding hydrogens is 408 g/mol. The summed E-state index contributed by atoms with van der Waals surface area (Å²) in [5.74, 6) is 2.34. The highest BCUT2D eigenvalue weighted by Gasteiger charge is 2.25. The number of fused-ring (bicyclic) bond motifs is 1. The number of amides is 1. The Labute approximate surface area is 186 Å². The topological polar surface area (TPSA) is 87.5 Å². The van der Waals surface area contributed by atoms with Gasteiger partial charge in [-0.3, -0.25) is 4.79 Å². The first-order chi connectivity index (χ1) is 15.7. The fraction of sp³-hybridized carbons (Fsp3) is 0.458. The zero-order valence-electron chi connectivity index (χ0n) is 18.5. The first-order valence-electron chi connectivity index (χ1n) is 11.2. The molecule has 1 saturated carbocycles. The number of hydrogen-bond donors (Lipinski definition) is 1. The highest BCUT2D eigenvalue weighted by Crippen LogP contribution is 2.38. The van der Waals surface area contributed by atoms with Gasteiger partial charge >= 0.3 is 0 Å². The zero-order chi connectivity index (χ0) is 22.1. The van der Waals surface area contributed by atoms with E-state index < -0.39 is 0 Å². The molecule has 1 atom stereocenters. The molecule has 1 amide bonds. The van der Waals surface area contributed by atoms with Crippen molar-refractivity contribution in [3.8, 4) is 28.6 Å². The van der Waals surface area contributed by atoms with Gasteiger partial charge in [0.15, 0.2) is 11.5 Å². The molecule has 2 fully saturated rings. The van der Waals surface area contributed by atoms with Crippen molar-refractivity contribution in [3.63, 3.8) is 0 Å². The van der Waals surface area contributed by atoms with Gasteiger partial charge in [-0.25, -0.2) is 9.97 Å². The van der Waals surface area contributed by atoms with Gasteiger partial charge in [-0.1, -0.05) is 0 Å². The number of pyridine rings is 1. The molecule has 5 rings (SSSR count). The minimum atomic E-state index is 0.119. The van der Waals surface area contributed by atoms with E-state index in [-0.39, 0.29) is 5.91 Å². The fourth-order valence-corrected chi connectivity index (χ4v) is 4.40. The second-order valence-corrected chi connectivity index (χ2v) is 8.50. The van der Waals surface area contributed by atoms with E-state index in [0.717, 1.165) is 48.1 Å². The van der Waals surface area contributed by atoms with Gasteiger partial charge in [0, 0.05) is 24.6 Å². The number of rotatable bonds is 8. The molecule has 1 N–H and O–H groups in total. The number of ether oxygens (including phenoxy) is 3. The average Bonchev–Trinajstić information content (AvgIpc) is 3.38. The standard InChI is InChI=1S/C24H28N4O4/c1-30-20-7-6-16(11-21(20)31-2)18-12-19-23(28(14-26-19)17-4-3-5-17)24(27-18)32-9-8-15-10-22(29)25-13-15/h6-7,11-12,14-15,17H,3-5,8-10,13H2,1-2H3,(H,25,29)/t15-/m1/s1. The van der Waals surface area contributed by atoms with Gasteiger partial charge in [-0.2, -0.15) is 0 Å². The Kier molecular flexibility index (Phi) is 5.59. The SMILES string of the molecule is COc1ccc(-c2cc3ncn(C4CCC4)c3c(OCC[C@H]3CNC(=O)C3)n2)cc1OC. The van der Waals surface area contributed by atoms with E-state index in [1.807, 2.05) is 30.6 Å². The second kappa shape index (κ2) is 8.68. The summed E-state index contributed by atoms with van der Waals surface area (Å²) in [5.41, 5.74) is 3.48. The maximum Gasteiger partial charge on any atom is 0.240 e. The minimum Gasteiger partial charge on any atom is -0.493 e. The van der Waals surface area contributed by atoms with Crippen molar-refractivity contribution < 1.29 is 19.0 Å². The van der Waals surface area contributed by atoms with Crippen LogP contribution in [-0.4, -0.2) is 47.8 Å². The lowest BCUT2D eigenvalue weighted by atomic mass is 9.93. The number of nitrogens with zero attached hydrogens (tertiary/aromatic N) is 3. The van der Waals surface area contributed by atoms with Gasteiger partial charge < -0.3 is 24.1 Å². The minimum absolute atomic E-state index is 0.119. The molecule has 8 nitrogen and oxygen atoms in total. The number of hydrogen-bond acceptors (Lipinski definition) is 6. The predicted molar refractivity (Wildman–Crippen MR) is 120 cm³/mol. The number of carbonyl (C=O) groups excluding carboxylic acids is 1. The first kappa shape index (κ1) is 20.6. The Balaban J connectivity index is 1.48. The maximum absolute atomic E-state index is 11.5. The molecule has 32 heavy (non-hydrogen) atoms. The fourth-order valence-electron chi connectivity index (χ4n) is 4.40. The average molecular weight is 437 g/mol. The predicted octanol–water partition coefficient (Wildman–Crippen LogP) is 3.75. The smallest absolute Gasteiger partial charge is 0.240 e. The lowest BCUT2D eigenvalue weighted by Crippen LogP contribution is -2.17. The summed E-state index contributed by atoms with van der Waals surface area (Å²) in [4.78, 5) is 21.1. The molecule has 1 aliphatic carbocycles. The summed E-state index contributed by atoms with van der Waals surface area (Å²) in [6, 6.07) is 8.19. The molecule has 3 heterocycles. The molecule has 1 saturated heterocycles. The van der Waals surface area contributed by atoms with Crippen LogP contribution < -0.4 is 19.5 Å². The molecule has 0 bridgehead atoms. The molecular formula is C24H28N4O4. The number of methoxy groups -OCH3 is 2. The van der Waals surface area contributed by atoms with Crippen LogP contribution in [0.2, 0.25) is 0 Å². The molecule has 0 radical (unpaired) electrons. The van der Waals surface area contributed by atoms with Crippen LogP contribution in [0.1, 0.15) is 38.1 Å². The maximum atomic E-state index is 11.5. The van der Waals surface area contributed by atoms with Crippen LogP contribution in [0.3, 0.4) is 0 Å². The molecule has 3 aromatic rings. The van der Waals surface area contributed by atoms with Crippen molar-refractivity contribution in [2.75, 3.05) is 27.4 Å². The number of benzene rings is 1. The van der Waals surface area contributed by atoms with Gasteiger partial charge in [-0.05, 0) is 55.9 Å². The summed E-state index contributed by atoms with van der Waals surface area (Å²) >= 11 is 0. The summed E-state index contributed by atoms with van der Waals surface area (Å²) < 4.78 is 19.3. The van der Waals surface area contributed by atoms with Crippen molar-refractivity contribution >= 4 is 16.9 Å².